The molecule has 10 aromatic rings. The van der Waals surface area contributed by atoms with Crippen LogP contribution in [-0.2, 0) is 10.8 Å². The lowest BCUT2D eigenvalue weighted by molar-refractivity contribution is 0.660. The Bertz CT molecular complexity index is 3430. The largest absolute Gasteiger partial charge is 0.309 e. The van der Waals surface area contributed by atoms with Crippen LogP contribution in [-0.4, -0.2) is 0 Å². The first-order valence-corrected chi connectivity index (χ1v) is 22.5. The molecule has 1 nitrogen and oxygen atoms in total. The third-order valence-corrected chi connectivity index (χ3v) is 14.4. The summed E-state index contributed by atoms with van der Waals surface area (Å²) in [6, 6.07) is 85.6. The highest BCUT2D eigenvalue weighted by Gasteiger charge is 2.42. The van der Waals surface area contributed by atoms with Gasteiger partial charge in [0.15, 0.2) is 0 Å². The molecule has 0 saturated carbocycles. The molecule has 0 bridgehead atoms. The van der Waals surface area contributed by atoms with Crippen molar-refractivity contribution in [2.75, 3.05) is 4.90 Å². The zero-order valence-electron chi connectivity index (χ0n) is 36.4. The molecule has 0 amide bonds. The second-order valence-electron chi connectivity index (χ2n) is 18.1. The number of benzene rings is 10. The minimum absolute atomic E-state index is 0.168. The number of fused-ring (bicyclic) bond motifs is 7. The maximum Gasteiger partial charge on any atom is 0.0543 e. The molecule has 0 spiro atoms. The first kappa shape index (κ1) is 38.0. The Kier molecular flexibility index (Phi) is 8.71. The molecule has 0 fully saturated rings. The average Bonchev–Trinajstić information content (AvgIpc) is 3.76. The van der Waals surface area contributed by atoms with Gasteiger partial charge in [-0.2, -0.15) is 0 Å². The predicted octanol–water partition coefficient (Wildman–Crippen LogP) is 17.0. The Morgan fingerprint density at radius 3 is 1.45 bits per heavy atom. The zero-order chi connectivity index (χ0) is 43.0. The van der Waals surface area contributed by atoms with Gasteiger partial charge in [0.1, 0.15) is 0 Å². The van der Waals surface area contributed by atoms with Crippen molar-refractivity contribution < 1.29 is 0 Å². The average molecular weight is 818 g/mol. The number of para-hydroxylation sites is 2. The van der Waals surface area contributed by atoms with Gasteiger partial charge in [0, 0.05) is 27.5 Å². The van der Waals surface area contributed by atoms with Crippen LogP contribution in [0.3, 0.4) is 0 Å². The van der Waals surface area contributed by atoms with Crippen molar-refractivity contribution in [3.8, 4) is 55.6 Å². The topological polar surface area (TPSA) is 3.24 Å². The molecule has 64 heavy (non-hydrogen) atoms. The lowest BCUT2D eigenvalue weighted by atomic mass is 9.74. The zero-order valence-corrected chi connectivity index (χ0v) is 36.4. The predicted molar refractivity (Wildman–Crippen MR) is 270 cm³/mol. The second kappa shape index (κ2) is 14.7. The molecule has 2 aliphatic carbocycles. The number of hydrogen-bond acceptors (Lipinski definition) is 1. The first-order valence-electron chi connectivity index (χ1n) is 22.5. The molecule has 2 aliphatic rings. The Morgan fingerprint density at radius 1 is 0.297 bits per heavy atom. The van der Waals surface area contributed by atoms with Crippen LogP contribution in [0.25, 0.3) is 66.4 Å². The highest BCUT2D eigenvalue weighted by Crippen LogP contribution is 2.59. The van der Waals surface area contributed by atoms with E-state index in [1.165, 1.54) is 99.9 Å². The van der Waals surface area contributed by atoms with E-state index in [4.69, 9.17) is 0 Å². The van der Waals surface area contributed by atoms with E-state index < -0.39 is 0 Å². The van der Waals surface area contributed by atoms with Gasteiger partial charge in [-0.05, 0) is 103 Å². The first-order chi connectivity index (χ1) is 31.4. The minimum atomic E-state index is -0.315. The minimum Gasteiger partial charge on any atom is -0.309 e. The maximum absolute atomic E-state index is 2.59. The lowest BCUT2D eigenvalue weighted by Gasteiger charge is -2.33. The summed E-state index contributed by atoms with van der Waals surface area (Å²) in [6.45, 7) is 7.16. The second-order valence-corrected chi connectivity index (χ2v) is 18.1. The van der Waals surface area contributed by atoms with Gasteiger partial charge in [0.25, 0.3) is 0 Å². The third-order valence-electron chi connectivity index (χ3n) is 14.4. The number of nitrogens with zero attached hydrogens (tertiary/aromatic N) is 1. The molecule has 0 N–H and O–H groups in total. The van der Waals surface area contributed by atoms with Crippen molar-refractivity contribution in [3.63, 3.8) is 0 Å². The molecular weight excluding hydrogens is 771 g/mol. The standard InChI is InChI=1S/C63H47N/c1-62(2)52-35-14-10-30-50(52)61-54(62)37-21-41-58(61)64(56-39-16-12-28-46(56)48-33-19-25-43-24-18-32-45(59(43)48)42-22-6-4-7-23-42)57-40-17-13-29-47(57)49-34-20-38-55-60(49)51-31-11-15-36-53(51)63(55,3)44-26-8-5-9-27-44/h4-41H,1-3H3. The van der Waals surface area contributed by atoms with Crippen molar-refractivity contribution in [2.45, 2.75) is 31.6 Å². The van der Waals surface area contributed by atoms with Crippen molar-refractivity contribution in [2.24, 2.45) is 0 Å². The molecule has 1 unspecified atom stereocenters. The lowest BCUT2D eigenvalue weighted by Crippen LogP contribution is -2.22. The fraction of sp³-hybridized carbons (Fsp3) is 0.0794. The summed E-state index contributed by atoms with van der Waals surface area (Å²) in [6.07, 6.45) is 0. The van der Waals surface area contributed by atoms with Gasteiger partial charge >= 0.3 is 0 Å². The molecule has 12 rings (SSSR count). The number of anilines is 3. The van der Waals surface area contributed by atoms with Gasteiger partial charge in [-0.1, -0.05) is 226 Å². The number of rotatable bonds is 7. The molecule has 1 atom stereocenters. The summed E-state index contributed by atoms with van der Waals surface area (Å²) in [5.74, 6) is 0. The van der Waals surface area contributed by atoms with E-state index in [2.05, 4.69) is 256 Å². The van der Waals surface area contributed by atoms with Gasteiger partial charge in [-0.25, -0.2) is 0 Å². The molecule has 1 heteroatoms. The van der Waals surface area contributed by atoms with Gasteiger partial charge in [-0.15, -0.1) is 0 Å². The molecule has 0 radical (unpaired) electrons. The van der Waals surface area contributed by atoms with Crippen LogP contribution < -0.4 is 4.90 Å². The van der Waals surface area contributed by atoms with Gasteiger partial charge < -0.3 is 4.90 Å². The Balaban J connectivity index is 1.17. The summed E-state index contributed by atoms with van der Waals surface area (Å²) >= 11 is 0. The molecule has 304 valence electrons. The summed E-state index contributed by atoms with van der Waals surface area (Å²) in [5.41, 5.74) is 22.0. The highest BCUT2D eigenvalue weighted by atomic mass is 15.2. The van der Waals surface area contributed by atoms with E-state index in [0.29, 0.717) is 0 Å². The maximum atomic E-state index is 2.59. The van der Waals surface area contributed by atoms with E-state index in [-0.39, 0.29) is 10.8 Å². The van der Waals surface area contributed by atoms with E-state index in [1.54, 1.807) is 0 Å². The summed E-state index contributed by atoms with van der Waals surface area (Å²) in [4.78, 5) is 2.59. The molecule has 0 saturated heterocycles. The molecule has 0 aliphatic heterocycles. The Labute approximate surface area is 376 Å². The van der Waals surface area contributed by atoms with Crippen molar-refractivity contribution >= 4 is 27.8 Å². The number of hydrogen-bond donors (Lipinski definition) is 0. The Morgan fingerprint density at radius 2 is 0.750 bits per heavy atom. The molecule has 0 aromatic heterocycles. The SMILES string of the molecule is CC1(C)c2ccccc2-c2c(N(c3ccccc3-c3cccc4c3-c3ccccc3C4(C)c3ccccc3)c3ccccc3-c3cccc4cccc(-c5ccccc5)c34)cccc21. The smallest absolute Gasteiger partial charge is 0.0543 e. The van der Waals surface area contributed by atoms with Gasteiger partial charge in [-0.3, -0.25) is 0 Å². The van der Waals surface area contributed by atoms with E-state index in [0.717, 1.165) is 11.4 Å². The van der Waals surface area contributed by atoms with Crippen LogP contribution in [0.15, 0.2) is 231 Å². The quantitative estimate of drug-likeness (QED) is 0.155. The van der Waals surface area contributed by atoms with Crippen LogP contribution in [0.5, 0.6) is 0 Å². The normalized spacial score (nSPS) is 15.3. The van der Waals surface area contributed by atoms with Crippen LogP contribution in [0, 0.1) is 0 Å². The summed E-state index contributed by atoms with van der Waals surface area (Å²) in [5, 5.41) is 2.47. The summed E-state index contributed by atoms with van der Waals surface area (Å²) in [7, 11) is 0. The summed E-state index contributed by atoms with van der Waals surface area (Å²) < 4.78 is 0. The Hall–Kier alpha value is -7.74. The fourth-order valence-electron chi connectivity index (χ4n) is 11.4. The molecular formula is C63H47N. The van der Waals surface area contributed by atoms with Crippen LogP contribution in [0.2, 0.25) is 0 Å². The monoisotopic (exact) mass is 817 g/mol. The van der Waals surface area contributed by atoms with E-state index in [9.17, 15) is 0 Å². The third kappa shape index (κ3) is 5.57. The van der Waals surface area contributed by atoms with E-state index >= 15 is 0 Å². The van der Waals surface area contributed by atoms with Crippen LogP contribution in [0.4, 0.5) is 17.1 Å². The van der Waals surface area contributed by atoms with Crippen molar-refractivity contribution in [1.29, 1.82) is 0 Å². The highest BCUT2D eigenvalue weighted by molar-refractivity contribution is 6.10. The molecule has 10 aromatic carbocycles. The van der Waals surface area contributed by atoms with Crippen LogP contribution >= 0.6 is 0 Å². The fourth-order valence-corrected chi connectivity index (χ4v) is 11.4. The van der Waals surface area contributed by atoms with Crippen LogP contribution in [0.1, 0.15) is 48.6 Å². The van der Waals surface area contributed by atoms with Gasteiger partial charge in [0.2, 0.25) is 0 Å². The van der Waals surface area contributed by atoms with Crippen molar-refractivity contribution in [1.82, 2.24) is 0 Å². The van der Waals surface area contributed by atoms with Crippen molar-refractivity contribution in [3.05, 3.63) is 258 Å². The van der Waals surface area contributed by atoms with Gasteiger partial charge in [0.05, 0.1) is 17.1 Å². The molecule has 0 heterocycles. The van der Waals surface area contributed by atoms with E-state index in [1.807, 2.05) is 0 Å².